The summed E-state index contributed by atoms with van der Waals surface area (Å²) < 4.78 is 33.4. The molecule has 0 saturated carbocycles. The van der Waals surface area contributed by atoms with Gasteiger partial charge in [0.25, 0.3) is 0 Å². The number of morpholine rings is 1. The number of sulfonamides is 1. The monoisotopic (exact) mass is 464 g/mol. The third kappa shape index (κ3) is 5.48. The van der Waals surface area contributed by atoms with Crippen LogP contribution in [0.2, 0.25) is 0 Å². The Hall–Kier alpha value is -2.01. The molecule has 0 radical (unpaired) electrons. The molecule has 0 atom stereocenters. The zero-order valence-electron chi connectivity index (χ0n) is 18.4. The van der Waals surface area contributed by atoms with E-state index < -0.39 is 10.0 Å². The van der Waals surface area contributed by atoms with E-state index in [2.05, 4.69) is 9.62 Å². The molecule has 3 aliphatic heterocycles. The molecular weight excluding hydrogens is 432 g/mol. The van der Waals surface area contributed by atoms with Crippen molar-refractivity contribution in [3.05, 3.63) is 23.8 Å². The number of likely N-dealkylation sites (tertiary alicyclic amines) is 1. The number of hydrogen-bond acceptors (Lipinski definition) is 6. The van der Waals surface area contributed by atoms with Crippen molar-refractivity contribution in [2.24, 2.45) is 0 Å². The summed E-state index contributed by atoms with van der Waals surface area (Å²) in [6.45, 7) is 6.07. The number of carbonyl (C=O) groups is 2. The Balaban J connectivity index is 1.32. The highest BCUT2D eigenvalue weighted by Crippen LogP contribution is 2.31. The molecule has 2 saturated heterocycles. The number of carbonyl (C=O) groups excluding carboxylic acids is 2. The topological polar surface area (TPSA) is 99.3 Å². The number of anilines is 1. The Labute approximate surface area is 189 Å². The van der Waals surface area contributed by atoms with Gasteiger partial charge >= 0.3 is 0 Å². The SMILES string of the molecule is O=C(CCC(=O)N1CCc2cc(S(=O)(=O)NCCN3CCOCC3)ccc21)N1CCCC1. The summed E-state index contributed by atoms with van der Waals surface area (Å²) in [5, 5.41) is 0. The number of amides is 2. The summed E-state index contributed by atoms with van der Waals surface area (Å²) in [5.41, 5.74) is 1.59. The van der Waals surface area contributed by atoms with Crippen LogP contribution < -0.4 is 9.62 Å². The van der Waals surface area contributed by atoms with E-state index in [0.29, 0.717) is 39.3 Å². The molecule has 0 spiro atoms. The molecule has 10 heteroatoms. The smallest absolute Gasteiger partial charge is 0.240 e. The lowest BCUT2D eigenvalue weighted by Crippen LogP contribution is -2.41. The van der Waals surface area contributed by atoms with Crippen LogP contribution >= 0.6 is 0 Å². The quantitative estimate of drug-likeness (QED) is 0.605. The van der Waals surface area contributed by atoms with Gasteiger partial charge in [0.15, 0.2) is 0 Å². The average molecular weight is 465 g/mol. The highest BCUT2D eigenvalue weighted by Gasteiger charge is 2.28. The minimum atomic E-state index is -3.61. The van der Waals surface area contributed by atoms with Gasteiger partial charge in [0, 0.05) is 64.3 Å². The number of hydrogen-bond donors (Lipinski definition) is 1. The molecule has 9 nitrogen and oxygen atoms in total. The van der Waals surface area contributed by atoms with E-state index in [1.807, 2.05) is 4.90 Å². The molecule has 0 aliphatic carbocycles. The molecule has 2 fully saturated rings. The highest BCUT2D eigenvalue weighted by molar-refractivity contribution is 7.89. The van der Waals surface area contributed by atoms with Gasteiger partial charge < -0.3 is 14.5 Å². The van der Waals surface area contributed by atoms with Crippen LogP contribution in [0.1, 0.15) is 31.2 Å². The number of benzene rings is 1. The summed E-state index contributed by atoms with van der Waals surface area (Å²) in [6.07, 6.45) is 3.08. The van der Waals surface area contributed by atoms with E-state index in [-0.39, 0.29) is 29.6 Å². The molecule has 0 aromatic heterocycles. The van der Waals surface area contributed by atoms with Gasteiger partial charge in [0.1, 0.15) is 0 Å². The van der Waals surface area contributed by atoms with Gasteiger partial charge in [-0.2, -0.15) is 0 Å². The minimum Gasteiger partial charge on any atom is -0.379 e. The first-order valence-electron chi connectivity index (χ1n) is 11.4. The lowest BCUT2D eigenvalue weighted by molar-refractivity contribution is -0.132. The van der Waals surface area contributed by atoms with Gasteiger partial charge in [-0.3, -0.25) is 14.5 Å². The van der Waals surface area contributed by atoms with Crippen molar-refractivity contribution < 1.29 is 22.7 Å². The maximum atomic E-state index is 12.7. The molecule has 4 rings (SSSR count). The summed E-state index contributed by atoms with van der Waals surface area (Å²) in [7, 11) is -3.61. The van der Waals surface area contributed by atoms with Crippen molar-refractivity contribution in [1.29, 1.82) is 0 Å². The van der Waals surface area contributed by atoms with Crippen molar-refractivity contribution in [2.75, 3.05) is 63.9 Å². The van der Waals surface area contributed by atoms with Gasteiger partial charge in [0.05, 0.1) is 18.1 Å². The second-order valence-corrected chi connectivity index (χ2v) is 10.3. The molecule has 0 bridgehead atoms. The van der Waals surface area contributed by atoms with E-state index in [1.54, 1.807) is 23.1 Å². The van der Waals surface area contributed by atoms with Crippen molar-refractivity contribution in [3.8, 4) is 0 Å². The predicted octanol–water partition coefficient (Wildman–Crippen LogP) is 0.589. The molecule has 3 heterocycles. The van der Waals surface area contributed by atoms with E-state index in [0.717, 1.165) is 50.3 Å². The van der Waals surface area contributed by atoms with E-state index in [9.17, 15) is 18.0 Å². The maximum absolute atomic E-state index is 12.7. The van der Waals surface area contributed by atoms with Gasteiger partial charge in [-0.25, -0.2) is 13.1 Å². The van der Waals surface area contributed by atoms with Crippen molar-refractivity contribution in [3.63, 3.8) is 0 Å². The maximum Gasteiger partial charge on any atom is 0.240 e. The number of rotatable bonds is 8. The molecule has 32 heavy (non-hydrogen) atoms. The summed E-state index contributed by atoms with van der Waals surface area (Å²) in [6, 6.07) is 4.92. The van der Waals surface area contributed by atoms with Gasteiger partial charge in [-0.1, -0.05) is 0 Å². The first-order chi connectivity index (χ1) is 15.4. The van der Waals surface area contributed by atoms with Crippen LogP contribution in [0, 0.1) is 0 Å². The Bertz CT molecular complexity index is 940. The Kier molecular flexibility index (Phi) is 7.44. The second-order valence-electron chi connectivity index (χ2n) is 8.53. The number of nitrogens with one attached hydrogen (secondary N) is 1. The lowest BCUT2D eigenvalue weighted by Gasteiger charge is -2.26. The summed E-state index contributed by atoms with van der Waals surface area (Å²) in [4.78, 5) is 30.8. The van der Waals surface area contributed by atoms with Crippen molar-refractivity contribution >= 4 is 27.5 Å². The Morgan fingerprint density at radius 1 is 0.969 bits per heavy atom. The molecule has 176 valence electrons. The van der Waals surface area contributed by atoms with Crippen LogP contribution in [0.4, 0.5) is 5.69 Å². The van der Waals surface area contributed by atoms with Crippen LogP contribution in [-0.2, 0) is 30.8 Å². The fourth-order valence-electron chi connectivity index (χ4n) is 4.52. The Morgan fingerprint density at radius 2 is 1.69 bits per heavy atom. The fraction of sp³-hybridized carbons (Fsp3) is 0.636. The highest BCUT2D eigenvalue weighted by atomic mass is 32.2. The Morgan fingerprint density at radius 3 is 2.44 bits per heavy atom. The van der Waals surface area contributed by atoms with Gasteiger partial charge in [-0.15, -0.1) is 0 Å². The van der Waals surface area contributed by atoms with Crippen LogP contribution in [-0.4, -0.2) is 89.1 Å². The number of fused-ring (bicyclic) bond motifs is 1. The largest absolute Gasteiger partial charge is 0.379 e. The van der Waals surface area contributed by atoms with E-state index >= 15 is 0 Å². The molecule has 1 N–H and O–H groups in total. The zero-order valence-corrected chi connectivity index (χ0v) is 19.2. The van der Waals surface area contributed by atoms with Crippen molar-refractivity contribution in [2.45, 2.75) is 37.0 Å². The lowest BCUT2D eigenvalue weighted by atomic mass is 10.2. The van der Waals surface area contributed by atoms with Gasteiger partial charge in [0.2, 0.25) is 21.8 Å². The molecule has 2 amide bonds. The fourth-order valence-corrected chi connectivity index (χ4v) is 5.60. The third-order valence-electron chi connectivity index (χ3n) is 6.39. The van der Waals surface area contributed by atoms with E-state index in [1.165, 1.54) is 0 Å². The first-order valence-corrected chi connectivity index (χ1v) is 12.9. The van der Waals surface area contributed by atoms with E-state index in [4.69, 9.17) is 4.74 Å². The average Bonchev–Trinajstić information content (AvgIpc) is 3.47. The molecular formula is C22H32N4O5S. The van der Waals surface area contributed by atoms with Crippen LogP contribution in [0.25, 0.3) is 0 Å². The molecule has 0 unspecified atom stereocenters. The standard InChI is InChI=1S/C22H32N4O5S/c27-21(25-9-1-2-10-25)5-6-22(28)26-11-7-18-17-19(3-4-20(18)26)32(29,30)23-8-12-24-13-15-31-16-14-24/h3-4,17,23H,1-2,5-16H2. The van der Waals surface area contributed by atoms with Crippen LogP contribution in [0.5, 0.6) is 0 Å². The molecule has 3 aliphatic rings. The minimum absolute atomic E-state index is 0.0415. The predicted molar refractivity (Wildman–Crippen MR) is 120 cm³/mol. The molecule has 1 aromatic rings. The number of ether oxygens (including phenoxy) is 1. The van der Waals surface area contributed by atoms with Crippen LogP contribution in [0.3, 0.4) is 0 Å². The summed E-state index contributed by atoms with van der Waals surface area (Å²) >= 11 is 0. The third-order valence-corrected chi connectivity index (χ3v) is 7.85. The van der Waals surface area contributed by atoms with Crippen LogP contribution in [0.15, 0.2) is 23.1 Å². The zero-order chi connectivity index (χ0) is 22.6. The normalized spacial score (nSPS) is 19.4. The number of nitrogens with zero attached hydrogens (tertiary/aromatic N) is 3. The summed E-state index contributed by atoms with van der Waals surface area (Å²) in [5.74, 6) is -0.0459. The molecule has 1 aromatic carbocycles. The second kappa shape index (κ2) is 10.3. The first kappa shape index (κ1) is 23.2. The van der Waals surface area contributed by atoms with Gasteiger partial charge in [-0.05, 0) is 43.0 Å². The van der Waals surface area contributed by atoms with Crippen molar-refractivity contribution in [1.82, 2.24) is 14.5 Å².